The summed E-state index contributed by atoms with van der Waals surface area (Å²) < 4.78 is 1.75. The zero-order valence-electron chi connectivity index (χ0n) is 12.6. The van der Waals surface area contributed by atoms with Crippen molar-refractivity contribution in [1.29, 1.82) is 0 Å². The highest BCUT2D eigenvalue weighted by atomic mass is 32.1. The minimum absolute atomic E-state index is 0.0699. The molecule has 0 saturated heterocycles. The van der Waals surface area contributed by atoms with Gasteiger partial charge in [-0.05, 0) is 38.0 Å². The first kappa shape index (κ1) is 15.3. The molecule has 0 aliphatic heterocycles. The fraction of sp³-hybridized carbons (Fsp3) is 0.733. The van der Waals surface area contributed by atoms with Gasteiger partial charge >= 0.3 is 4.87 Å². The lowest BCUT2D eigenvalue weighted by molar-refractivity contribution is -0.121. The molecule has 1 aromatic rings. The van der Waals surface area contributed by atoms with Crippen molar-refractivity contribution in [2.75, 3.05) is 0 Å². The number of aromatic nitrogens is 1. The van der Waals surface area contributed by atoms with E-state index >= 15 is 0 Å². The van der Waals surface area contributed by atoms with Gasteiger partial charge in [0.15, 0.2) is 0 Å². The molecule has 0 spiro atoms. The number of carbonyl (C=O) groups is 1. The third-order valence-corrected chi connectivity index (χ3v) is 4.98. The summed E-state index contributed by atoms with van der Waals surface area (Å²) in [4.78, 5) is 23.5. The SMILES string of the molecule is Cc1csc(=O)n1CCCC(=O)NC1CCC(C)(C)C1. The molecule has 0 radical (unpaired) electrons. The number of thiazole rings is 1. The Morgan fingerprint density at radius 2 is 2.30 bits per heavy atom. The monoisotopic (exact) mass is 296 g/mol. The van der Waals surface area contributed by atoms with Crippen LogP contribution in [0, 0.1) is 12.3 Å². The van der Waals surface area contributed by atoms with Gasteiger partial charge in [0.1, 0.15) is 0 Å². The number of rotatable bonds is 5. The van der Waals surface area contributed by atoms with Crippen molar-refractivity contribution in [3.63, 3.8) is 0 Å². The van der Waals surface area contributed by atoms with Gasteiger partial charge in [-0.15, -0.1) is 0 Å². The minimum Gasteiger partial charge on any atom is -0.353 e. The van der Waals surface area contributed by atoms with Crippen LogP contribution in [0.4, 0.5) is 0 Å². The Labute approximate surface area is 124 Å². The van der Waals surface area contributed by atoms with Crippen molar-refractivity contribution in [3.05, 3.63) is 20.7 Å². The topological polar surface area (TPSA) is 51.1 Å². The lowest BCUT2D eigenvalue weighted by atomic mass is 9.92. The number of aryl methyl sites for hydroxylation is 1. The number of carbonyl (C=O) groups excluding carboxylic acids is 1. The van der Waals surface area contributed by atoms with E-state index in [1.54, 1.807) is 4.57 Å². The van der Waals surface area contributed by atoms with Gasteiger partial charge in [0, 0.05) is 30.1 Å². The molecule has 20 heavy (non-hydrogen) atoms. The molecular formula is C15H24N2O2S. The van der Waals surface area contributed by atoms with Gasteiger partial charge in [-0.1, -0.05) is 25.2 Å². The maximum Gasteiger partial charge on any atom is 0.307 e. The van der Waals surface area contributed by atoms with Gasteiger partial charge in [0.25, 0.3) is 0 Å². The molecule has 0 aromatic carbocycles. The highest BCUT2D eigenvalue weighted by Crippen LogP contribution is 2.36. The number of hydrogen-bond donors (Lipinski definition) is 1. The highest BCUT2D eigenvalue weighted by Gasteiger charge is 2.31. The fourth-order valence-corrected chi connectivity index (χ4v) is 3.69. The zero-order valence-corrected chi connectivity index (χ0v) is 13.4. The second kappa shape index (κ2) is 6.12. The Kier molecular flexibility index (Phi) is 4.68. The van der Waals surface area contributed by atoms with Crippen molar-refractivity contribution < 1.29 is 4.79 Å². The molecule has 1 unspecified atom stereocenters. The van der Waals surface area contributed by atoms with Crippen LogP contribution in [0.2, 0.25) is 0 Å². The van der Waals surface area contributed by atoms with Gasteiger partial charge in [0.2, 0.25) is 5.91 Å². The number of hydrogen-bond acceptors (Lipinski definition) is 3. The van der Waals surface area contributed by atoms with Crippen LogP contribution in [-0.4, -0.2) is 16.5 Å². The second-order valence-corrected chi connectivity index (χ2v) is 7.39. The van der Waals surface area contributed by atoms with Crippen LogP contribution < -0.4 is 10.2 Å². The highest BCUT2D eigenvalue weighted by molar-refractivity contribution is 7.07. The summed E-state index contributed by atoms with van der Waals surface area (Å²) in [7, 11) is 0. The summed E-state index contributed by atoms with van der Waals surface area (Å²) in [5.41, 5.74) is 1.34. The maximum atomic E-state index is 11.9. The molecule has 1 saturated carbocycles. The Hall–Kier alpha value is -1.10. The van der Waals surface area contributed by atoms with Crippen molar-refractivity contribution >= 4 is 17.2 Å². The maximum absolute atomic E-state index is 11.9. The average Bonchev–Trinajstić information content (AvgIpc) is 2.85. The molecule has 1 heterocycles. The van der Waals surface area contributed by atoms with E-state index in [1.807, 2.05) is 12.3 Å². The Bertz CT molecular complexity index is 530. The van der Waals surface area contributed by atoms with Gasteiger partial charge in [-0.25, -0.2) is 0 Å². The van der Waals surface area contributed by atoms with Crippen LogP contribution in [0.15, 0.2) is 10.2 Å². The number of nitrogens with zero attached hydrogens (tertiary/aromatic N) is 1. The summed E-state index contributed by atoms with van der Waals surface area (Å²) in [6.07, 6.45) is 4.56. The van der Waals surface area contributed by atoms with Crippen LogP contribution in [-0.2, 0) is 11.3 Å². The summed E-state index contributed by atoms with van der Waals surface area (Å²) >= 11 is 1.22. The molecule has 112 valence electrons. The van der Waals surface area contributed by atoms with Crippen molar-refractivity contribution in [2.24, 2.45) is 5.41 Å². The van der Waals surface area contributed by atoms with E-state index < -0.39 is 0 Å². The number of amides is 1. The van der Waals surface area contributed by atoms with Crippen LogP contribution in [0.25, 0.3) is 0 Å². The predicted octanol–water partition coefficient (Wildman–Crippen LogP) is 2.69. The second-order valence-electron chi connectivity index (χ2n) is 6.57. The lowest BCUT2D eigenvalue weighted by Gasteiger charge is -2.17. The van der Waals surface area contributed by atoms with E-state index in [9.17, 15) is 9.59 Å². The first-order chi connectivity index (χ1) is 9.37. The molecule has 4 nitrogen and oxygen atoms in total. The molecular weight excluding hydrogens is 272 g/mol. The molecule has 1 amide bonds. The van der Waals surface area contributed by atoms with Crippen LogP contribution in [0.1, 0.15) is 51.6 Å². The van der Waals surface area contributed by atoms with E-state index in [4.69, 9.17) is 0 Å². The van der Waals surface area contributed by atoms with E-state index in [1.165, 1.54) is 17.8 Å². The normalized spacial score (nSPS) is 21.1. The quantitative estimate of drug-likeness (QED) is 0.908. The average molecular weight is 296 g/mol. The Balaban J connectivity index is 1.72. The van der Waals surface area contributed by atoms with Gasteiger partial charge in [0.05, 0.1) is 0 Å². The standard InChI is InChI=1S/C15H24N2O2S/c1-11-10-20-14(19)17(11)8-4-5-13(18)16-12-6-7-15(2,3)9-12/h10,12H,4-9H2,1-3H3,(H,16,18). The third-order valence-electron chi connectivity index (χ3n) is 4.10. The molecule has 1 aliphatic rings. The molecule has 1 atom stereocenters. The Morgan fingerprint density at radius 1 is 1.55 bits per heavy atom. The molecule has 1 aromatic heterocycles. The first-order valence-corrected chi connectivity index (χ1v) is 8.20. The van der Waals surface area contributed by atoms with Crippen molar-refractivity contribution in [1.82, 2.24) is 9.88 Å². The number of nitrogens with one attached hydrogen (secondary N) is 1. The lowest BCUT2D eigenvalue weighted by Crippen LogP contribution is -2.33. The van der Waals surface area contributed by atoms with Crippen LogP contribution in [0.3, 0.4) is 0 Å². The van der Waals surface area contributed by atoms with E-state index in [0.29, 0.717) is 24.4 Å². The first-order valence-electron chi connectivity index (χ1n) is 7.32. The molecule has 1 fully saturated rings. The summed E-state index contributed by atoms with van der Waals surface area (Å²) in [6.45, 7) is 7.08. The van der Waals surface area contributed by atoms with Gasteiger partial charge < -0.3 is 9.88 Å². The molecule has 5 heteroatoms. The van der Waals surface area contributed by atoms with E-state index in [-0.39, 0.29) is 10.8 Å². The predicted molar refractivity (Wildman–Crippen MR) is 82.1 cm³/mol. The van der Waals surface area contributed by atoms with Crippen LogP contribution >= 0.6 is 11.3 Å². The van der Waals surface area contributed by atoms with Crippen molar-refractivity contribution in [2.45, 2.75) is 65.5 Å². The zero-order chi connectivity index (χ0) is 14.8. The summed E-state index contributed by atoms with van der Waals surface area (Å²) in [6, 6.07) is 0.336. The van der Waals surface area contributed by atoms with Gasteiger partial charge in [-0.2, -0.15) is 0 Å². The van der Waals surface area contributed by atoms with Crippen LogP contribution in [0.5, 0.6) is 0 Å². The van der Waals surface area contributed by atoms with Crippen molar-refractivity contribution in [3.8, 4) is 0 Å². The smallest absolute Gasteiger partial charge is 0.307 e. The van der Waals surface area contributed by atoms with E-state index in [2.05, 4.69) is 19.2 Å². The third kappa shape index (κ3) is 3.95. The summed E-state index contributed by atoms with van der Waals surface area (Å²) in [5, 5.41) is 4.98. The minimum atomic E-state index is 0.0699. The molecule has 2 rings (SSSR count). The molecule has 1 N–H and O–H groups in total. The van der Waals surface area contributed by atoms with E-state index in [0.717, 1.165) is 25.0 Å². The Morgan fingerprint density at radius 3 is 2.85 bits per heavy atom. The fourth-order valence-electron chi connectivity index (χ4n) is 2.93. The summed E-state index contributed by atoms with van der Waals surface area (Å²) in [5.74, 6) is 0.119. The largest absolute Gasteiger partial charge is 0.353 e. The molecule has 0 bridgehead atoms. The molecule has 1 aliphatic carbocycles. The van der Waals surface area contributed by atoms with Gasteiger partial charge in [-0.3, -0.25) is 9.59 Å².